The quantitative estimate of drug-likeness (QED) is 0.618. The van der Waals surface area contributed by atoms with Gasteiger partial charge in [0, 0.05) is 23.1 Å². The molecule has 72 valence electrons. The topological polar surface area (TPSA) is 14.2 Å². The standard InChI is InChI=1S/C12H13NO/c1-9-10-4-2-3-5-11(10)13-6-7-14-8-12(9)13/h2-5H,6-8H2,1H3. The first-order valence-corrected chi connectivity index (χ1v) is 5.02. The Kier molecular flexibility index (Phi) is 1.64. The highest BCUT2D eigenvalue weighted by molar-refractivity contribution is 5.85. The van der Waals surface area contributed by atoms with Crippen molar-refractivity contribution < 1.29 is 4.74 Å². The summed E-state index contributed by atoms with van der Waals surface area (Å²) < 4.78 is 7.87. The molecule has 2 aromatic rings. The van der Waals surface area contributed by atoms with Gasteiger partial charge in [0.1, 0.15) is 0 Å². The Balaban J connectivity index is 2.41. The average molecular weight is 187 g/mol. The summed E-state index contributed by atoms with van der Waals surface area (Å²) in [5.74, 6) is 0. The molecule has 0 saturated heterocycles. The summed E-state index contributed by atoms with van der Waals surface area (Å²) in [4.78, 5) is 0. The van der Waals surface area contributed by atoms with Crippen LogP contribution in [0, 0.1) is 6.92 Å². The van der Waals surface area contributed by atoms with E-state index in [0.29, 0.717) is 0 Å². The fourth-order valence-electron chi connectivity index (χ4n) is 2.30. The van der Waals surface area contributed by atoms with Crippen molar-refractivity contribution in [3.63, 3.8) is 0 Å². The number of rotatable bonds is 0. The zero-order valence-electron chi connectivity index (χ0n) is 8.29. The van der Waals surface area contributed by atoms with E-state index in [0.717, 1.165) is 19.8 Å². The van der Waals surface area contributed by atoms with Crippen LogP contribution in [0.2, 0.25) is 0 Å². The van der Waals surface area contributed by atoms with Crippen LogP contribution in [0.15, 0.2) is 24.3 Å². The van der Waals surface area contributed by atoms with Gasteiger partial charge < -0.3 is 9.30 Å². The van der Waals surface area contributed by atoms with Crippen LogP contribution in [0.5, 0.6) is 0 Å². The molecule has 0 unspecified atom stereocenters. The molecule has 1 aliphatic rings. The lowest BCUT2D eigenvalue weighted by atomic mass is 10.1. The maximum Gasteiger partial charge on any atom is 0.0871 e. The Morgan fingerprint density at radius 2 is 2.14 bits per heavy atom. The molecule has 1 aliphatic heterocycles. The van der Waals surface area contributed by atoms with Crippen LogP contribution in [0.25, 0.3) is 10.9 Å². The van der Waals surface area contributed by atoms with E-state index in [-0.39, 0.29) is 0 Å². The highest BCUT2D eigenvalue weighted by atomic mass is 16.5. The molecule has 1 aromatic carbocycles. The van der Waals surface area contributed by atoms with Gasteiger partial charge in [0.15, 0.2) is 0 Å². The third-order valence-corrected chi connectivity index (χ3v) is 3.06. The normalized spacial score (nSPS) is 15.8. The van der Waals surface area contributed by atoms with E-state index >= 15 is 0 Å². The SMILES string of the molecule is Cc1c2n(c3ccccc13)CCOC2. The number of hydrogen-bond acceptors (Lipinski definition) is 1. The zero-order valence-corrected chi connectivity index (χ0v) is 8.29. The van der Waals surface area contributed by atoms with Gasteiger partial charge in [-0.2, -0.15) is 0 Å². The number of aromatic nitrogens is 1. The molecule has 0 spiro atoms. The first-order valence-electron chi connectivity index (χ1n) is 5.02. The van der Waals surface area contributed by atoms with E-state index in [2.05, 4.69) is 35.8 Å². The molecule has 0 N–H and O–H groups in total. The van der Waals surface area contributed by atoms with Gasteiger partial charge in [0.2, 0.25) is 0 Å². The summed E-state index contributed by atoms with van der Waals surface area (Å²) in [7, 11) is 0. The Labute approximate surface area is 83.1 Å². The van der Waals surface area contributed by atoms with Crippen molar-refractivity contribution in [3.05, 3.63) is 35.5 Å². The first-order chi connectivity index (χ1) is 6.88. The van der Waals surface area contributed by atoms with Gasteiger partial charge >= 0.3 is 0 Å². The van der Waals surface area contributed by atoms with Gasteiger partial charge in [-0.05, 0) is 18.6 Å². The number of hydrogen-bond donors (Lipinski definition) is 0. The minimum Gasteiger partial charge on any atom is -0.373 e. The van der Waals surface area contributed by atoms with E-state index in [1.165, 1.54) is 22.2 Å². The van der Waals surface area contributed by atoms with Crippen molar-refractivity contribution >= 4 is 10.9 Å². The number of ether oxygens (including phenoxy) is 1. The smallest absolute Gasteiger partial charge is 0.0871 e. The largest absolute Gasteiger partial charge is 0.373 e. The minimum atomic E-state index is 0.764. The summed E-state index contributed by atoms with van der Waals surface area (Å²) in [6.07, 6.45) is 0. The molecule has 0 fully saturated rings. The lowest BCUT2D eigenvalue weighted by Crippen LogP contribution is -2.16. The number of nitrogens with zero attached hydrogens (tertiary/aromatic N) is 1. The first kappa shape index (κ1) is 8.06. The predicted molar refractivity (Wildman–Crippen MR) is 56.3 cm³/mol. The van der Waals surface area contributed by atoms with Gasteiger partial charge in [-0.15, -0.1) is 0 Å². The Bertz CT molecular complexity index is 484. The molecule has 14 heavy (non-hydrogen) atoms. The van der Waals surface area contributed by atoms with Crippen LogP contribution in [0.3, 0.4) is 0 Å². The van der Waals surface area contributed by atoms with E-state index in [9.17, 15) is 0 Å². The Hall–Kier alpha value is -1.28. The van der Waals surface area contributed by atoms with Crippen LogP contribution in [-0.2, 0) is 17.9 Å². The van der Waals surface area contributed by atoms with E-state index in [1.807, 2.05) is 0 Å². The maximum atomic E-state index is 5.49. The molecule has 0 bridgehead atoms. The Morgan fingerprint density at radius 3 is 3.07 bits per heavy atom. The second kappa shape index (κ2) is 2.85. The van der Waals surface area contributed by atoms with Gasteiger partial charge in [0.05, 0.1) is 13.2 Å². The summed E-state index contributed by atoms with van der Waals surface area (Å²) >= 11 is 0. The lowest BCUT2D eigenvalue weighted by molar-refractivity contribution is 0.0860. The third-order valence-electron chi connectivity index (χ3n) is 3.06. The zero-order chi connectivity index (χ0) is 9.54. The summed E-state index contributed by atoms with van der Waals surface area (Å²) in [5, 5.41) is 1.37. The molecule has 0 aliphatic carbocycles. The van der Waals surface area contributed by atoms with E-state index < -0.39 is 0 Å². The molecule has 2 nitrogen and oxygen atoms in total. The number of benzene rings is 1. The molecular weight excluding hydrogens is 174 g/mol. The second-order valence-corrected chi connectivity index (χ2v) is 3.79. The van der Waals surface area contributed by atoms with Crippen LogP contribution in [-0.4, -0.2) is 11.2 Å². The van der Waals surface area contributed by atoms with Gasteiger partial charge in [-0.1, -0.05) is 18.2 Å². The molecule has 2 heteroatoms. The summed E-state index contributed by atoms with van der Waals surface area (Å²) in [6, 6.07) is 8.58. The van der Waals surface area contributed by atoms with Crippen molar-refractivity contribution in [2.75, 3.05) is 6.61 Å². The monoisotopic (exact) mass is 187 g/mol. The summed E-state index contributed by atoms with van der Waals surface area (Å²) in [5.41, 5.74) is 4.07. The molecule has 3 rings (SSSR count). The molecule has 1 aromatic heterocycles. The highest BCUT2D eigenvalue weighted by Gasteiger charge is 2.16. The van der Waals surface area contributed by atoms with E-state index in [4.69, 9.17) is 4.74 Å². The molecule has 0 saturated carbocycles. The van der Waals surface area contributed by atoms with Crippen molar-refractivity contribution in [2.24, 2.45) is 0 Å². The maximum absolute atomic E-state index is 5.49. The summed E-state index contributed by atoms with van der Waals surface area (Å²) in [6.45, 7) is 4.78. The third kappa shape index (κ3) is 0.946. The number of aryl methyl sites for hydroxylation is 1. The van der Waals surface area contributed by atoms with Gasteiger partial charge in [-0.25, -0.2) is 0 Å². The minimum absolute atomic E-state index is 0.764. The van der Waals surface area contributed by atoms with Crippen LogP contribution >= 0.6 is 0 Å². The van der Waals surface area contributed by atoms with E-state index in [1.54, 1.807) is 0 Å². The number of fused-ring (bicyclic) bond motifs is 3. The van der Waals surface area contributed by atoms with Crippen LogP contribution < -0.4 is 0 Å². The van der Waals surface area contributed by atoms with Crippen molar-refractivity contribution in [1.82, 2.24) is 4.57 Å². The molecule has 0 atom stereocenters. The molecule has 2 heterocycles. The highest BCUT2D eigenvalue weighted by Crippen LogP contribution is 2.27. The van der Waals surface area contributed by atoms with Crippen LogP contribution in [0.4, 0.5) is 0 Å². The predicted octanol–water partition coefficient (Wildman–Crippen LogP) is 2.48. The van der Waals surface area contributed by atoms with Crippen molar-refractivity contribution in [1.29, 1.82) is 0 Å². The van der Waals surface area contributed by atoms with Crippen molar-refractivity contribution in [2.45, 2.75) is 20.1 Å². The molecule has 0 amide bonds. The fourth-order valence-corrected chi connectivity index (χ4v) is 2.30. The van der Waals surface area contributed by atoms with Gasteiger partial charge in [0.25, 0.3) is 0 Å². The average Bonchev–Trinajstić information content (AvgIpc) is 2.55. The molecule has 0 radical (unpaired) electrons. The van der Waals surface area contributed by atoms with Crippen molar-refractivity contribution in [3.8, 4) is 0 Å². The molecular formula is C12H13NO. The van der Waals surface area contributed by atoms with Crippen LogP contribution in [0.1, 0.15) is 11.3 Å². The second-order valence-electron chi connectivity index (χ2n) is 3.79. The van der Waals surface area contributed by atoms with Gasteiger partial charge in [-0.3, -0.25) is 0 Å². The lowest BCUT2D eigenvalue weighted by Gasteiger charge is -2.17. The fraction of sp³-hybridized carbons (Fsp3) is 0.333. The number of para-hydroxylation sites is 1. The Morgan fingerprint density at radius 1 is 1.29 bits per heavy atom.